The Balaban J connectivity index is 1.66. The molecular formula is C16H22N6O3. The molecule has 0 spiro atoms. The second-order valence-electron chi connectivity index (χ2n) is 6.07. The first-order valence-electron chi connectivity index (χ1n) is 8.16. The number of likely N-dealkylation sites (N-methyl/N-ethyl adjacent to an activating group) is 1. The number of carbonyl (C=O) groups is 2. The molecule has 1 aliphatic rings. The van der Waals surface area contributed by atoms with E-state index in [9.17, 15) is 9.59 Å². The zero-order valence-electron chi connectivity index (χ0n) is 14.7. The fourth-order valence-electron chi connectivity index (χ4n) is 2.79. The van der Waals surface area contributed by atoms with Gasteiger partial charge in [-0.3, -0.25) is 19.2 Å². The Bertz CT molecular complexity index is 773. The van der Waals surface area contributed by atoms with Crippen LogP contribution in [-0.2, 0) is 11.8 Å². The molecule has 25 heavy (non-hydrogen) atoms. The van der Waals surface area contributed by atoms with Gasteiger partial charge in [-0.25, -0.2) is 4.98 Å². The summed E-state index contributed by atoms with van der Waals surface area (Å²) in [5.74, 6) is 0.730. The highest BCUT2D eigenvalue weighted by molar-refractivity contribution is 5.93. The Morgan fingerprint density at radius 1 is 1.28 bits per heavy atom. The molecule has 0 atom stereocenters. The third-order valence-electron chi connectivity index (χ3n) is 4.26. The number of rotatable bonds is 4. The lowest BCUT2D eigenvalue weighted by Crippen LogP contribution is -2.51. The van der Waals surface area contributed by atoms with E-state index in [0.717, 1.165) is 5.56 Å². The monoisotopic (exact) mass is 346 g/mol. The molecule has 9 heteroatoms. The maximum atomic E-state index is 12.7. The van der Waals surface area contributed by atoms with Gasteiger partial charge in [0.1, 0.15) is 5.76 Å². The normalized spacial score (nSPS) is 15.4. The molecule has 134 valence electrons. The van der Waals surface area contributed by atoms with Crippen molar-refractivity contribution in [1.82, 2.24) is 29.9 Å². The van der Waals surface area contributed by atoms with Crippen LogP contribution >= 0.6 is 0 Å². The fourth-order valence-corrected chi connectivity index (χ4v) is 2.79. The van der Waals surface area contributed by atoms with Crippen molar-refractivity contribution in [3.05, 3.63) is 23.8 Å². The summed E-state index contributed by atoms with van der Waals surface area (Å²) in [6.45, 7) is 4.53. The molecule has 0 aromatic carbocycles. The van der Waals surface area contributed by atoms with Gasteiger partial charge in [-0.1, -0.05) is 0 Å². The van der Waals surface area contributed by atoms with Crippen molar-refractivity contribution in [2.45, 2.75) is 6.92 Å². The highest BCUT2D eigenvalue weighted by Gasteiger charge is 2.27. The van der Waals surface area contributed by atoms with Crippen molar-refractivity contribution in [1.29, 1.82) is 0 Å². The van der Waals surface area contributed by atoms with Gasteiger partial charge in [-0.05, 0) is 6.92 Å². The molecule has 0 radical (unpaired) electrons. The smallest absolute Gasteiger partial charge is 0.276 e. The van der Waals surface area contributed by atoms with Gasteiger partial charge in [-0.15, -0.1) is 0 Å². The number of aryl methyl sites for hydroxylation is 2. The Morgan fingerprint density at radius 2 is 2.00 bits per heavy atom. The number of oxazole rings is 1. The molecule has 3 rings (SSSR count). The highest BCUT2D eigenvalue weighted by Crippen LogP contribution is 2.22. The van der Waals surface area contributed by atoms with E-state index in [0.29, 0.717) is 50.1 Å². The van der Waals surface area contributed by atoms with Crippen molar-refractivity contribution < 1.29 is 14.0 Å². The average Bonchev–Trinajstić information content (AvgIpc) is 3.20. The SMILES string of the molecule is CNC(=O)CN1CCN(C(=O)c2nc(-c3cnn(C)c3)oc2C)CC1. The molecule has 0 saturated carbocycles. The molecule has 2 amide bonds. The van der Waals surface area contributed by atoms with E-state index < -0.39 is 0 Å². The number of hydrogen-bond acceptors (Lipinski definition) is 6. The zero-order valence-corrected chi connectivity index (χ0v) is 14.7. The second kappa shape index (κ2) is 7.06. The largest absolute Gasteiger partial charge is 0.440 e. The Labute approximate surface area is 145 Å². The summed E-state index contributed by atoms with van der Waals surface area (Å²) in [6.07, 6.45) is 3.44. The summed E-state index contributed by atoms with van der Waals surface area (Å²) < 4.78 is 7.29. The number of nitrogens with one attached hydrogen (secondary N) is 1. The molecule has 0 aliphatic carbocycles. The standard InChI is InChI=1S/C16H22N6O3/c1-11-14(19-15(25-11)12-8-18-20(3)9-12)16(24)22-6-4-21(5-7-22)10-13(23)17-2/h8-9H,4-7,10H2,1-3H3,(H,17,23). The summed E-state index contributed by atoms with van der Waals surface area (Å²) in [5, 5.41) is 6.70. The van der Waals surface area contributed by atoms with Crippen molar-refractivity contribution in [2.75, 3.05) is 39.8 Å². The number of carbonyl (C=O) groups excluding carboxylic acids is 2. The third-order valence-corrected chi connectivity index (χ3v) is 4.26. The Morgan fingerprint density at radius 3 is 2.60 bits per heavy atom. The molecule has 2 aromatic rings. The fraction of sp³-hybridized carbons (Fsp3) is 0.500. The Kier molecular flexibility index (Phi) is 4.84. The Hall–Kier alpha value is -2.68. The summed E-state index contributed by atoms with van der Waals surface area (Å²) in [4.78, 5) is 32.3. The van der Waals surface area contributed by atoms with E-state index >= 15 is 0 Å². The maximum Gasteiger partial charge on any atom is 0.276 e. The zero-order chi connectivity index (χ0) is 18.0. The van der Waals surface area contributed by atoms with Crippen LogP contribution in [0.1, 0.15) is 16.2 Å². The minimum absolute atomic E-state index is 0.0202. The minimum atomic E-state index is -0.143. The predicted molar refractivity (Wildman–Crippen MR) is 89.9 cm³/mol. The molecule has 1 N–H and O–H groups in total. The molecular weight excluding hydrogens is 324 g/mol. The molecule has 3 heterocycles. The van der Waals surface area contributed by atoms with Gasteiger partial charge in [0.2, 0.25) is 11.8 Å². The molecule has 1 fully saturated rings. The van der Waals surface area contributed by atoms with Crippen molar-refractivity contribution in [2.24, 2.45) is 7.05 Å². The summed E-state index contributed by atoms with van der Waals surface area (Å²) >= 11 is 0. The van der Waals surface area contributed by atoms with Gasteiger partial charge >= 0.3 is 0 Å². The van der Waals surface area contributed by atoms with E-state index in [1.54, 1.807) is 35.9 Å². The van der Waals surface area contributed by atoms with Crippen LogP contribution in [0.15, 0.2) is 16.8 Å². The highest BCUT2D eigenvalue weighted by atomic mass is 16.4. The second-order valence-corrected chi connectivity index (χ2v) is 6.07. The van der Waals surface area contributed by atoms with Crippen LogP contribution in [0, 0.1) is 6.92 Å². The van der Waals surface area contributed by atoms with E-state index in [2.05, 4.69) is 15.4 Å². The quantitative estimate of drug-likeness (QED) is 0.830. The van der Waals surface area contributed by atoms with Gasteiger partial charge in [0.15, 0.2) is 5.69 Å². The topological polar surface area (TPSA) is 96.5 Å². The molecule has 1 aliphatic heterocycles. The lowest BCUT2D eigenvalue weighted by molar-refractivity contribution is -0.122. The summed E-state index contributed by atoms with van der Waals surface area (Å²) in [6, 6.07) is 0. The first-order chi connectivity index (χ1) is 12.0. The first-order valence-corrected chi connectivity index (χ1v) is 8.16. The predicted octanol–water partition coefficient (Wildman–Crippen LogP) is -0.113. The minimum Gasteiger partial charge on any atom is -0.440 e. The molecule has 0 unspecified atom stereocenters. The van der Waals surface area contributed by atoms with E-state index in [1.165, 1.54) is 0 Å². The number of piperazine rings is 1. The van der Waals surface area contributed by atoms with Crippen LogP contribution in [0.3, 0.4) is 0 Å². The average molecular weight is 346 g/mol. The van der Waals surface area contributed by atoms with Gasteiger partial charge in [0.25, 0.3) is 5.91 Å². The summed E-state index contributed by atoms with van der Waals surface area (Å²) in [7, 11) is 3.43. The molecule has 1 saturated heterocycles. The van der Waals surface area contributed by atoms with Crippen molar-refractivity contribution in [3.63, 3.8) is 0 Å². The number of amides is 2. The first kappa shape index (κ1) is 17.2. The van der Waals surface area contributed by atoms with Crippen LogP contribution in [-0.4, -0.2) is 76.2 Å². The summed E-state index contributed by atoms with van der Waals surface area (Å²) in [5.41, 5.74) is 1.07. The van der Waals surface area contributed by atoms with Crippen molar-refractivity contribution in [3.8, 4) is 11.5 Å². The molecule has 0 bridgehead atoms. The number of aromatic nitrogens is 3. The lowest BCUT2D eigenvalue weighted by atomic mass is 10.2. The van der Waals surface area contributed by atoms with Crippen LogP contribution in [0.2, 0.25) is 0 Å². The van der Waals surface area contributed by atoms with E-state index in [1.807, 2.05) is 11.9 Å². The third kappa shape index (κ3) is 3.71. The van der Waals surface area contributed by atoms with Crippen molar-refractivity contribution >= 4 is 11.8 Å². The molecule has 2 aromatic heterocycles. The molecule has 9 nitrogen and oxygen atoms in total. The lowest BCUT2D eigenvalue weighted by Gasteiger charge is -2.33. The van der Waals surface area contributed by atoms with Crippen LogP contribution in [0.4, 0.5) is 0 Å². The van der Waals surface area contributed by atoms with Crippen LogP contribution in [0.5, 0.6) is 0 Å². The van der Waals surface area contributed by atoms with Gasteiger partial charge in [-0.2, -0.15) is 5.10 Å². The number of nitrogens with zero attached hydrogens (tertiary/aromatic N) is 5. The van der Waals surface area contributed by atoms with Gasteiger partial charge in [0, 0.05) is 46.5 Å². The van der Waals surface area contributed by atoms with E-state index in [-0.39, 0.29) is 11.8 Å². The van der Waals surface area contributed by atoms with Crippen LogP contribution < -0.4 is 5.32 Å². The maximum absolute atomic E-state index is 12.7. The van der Waals surface area contributed by atoms with E-state index in [4.69, 9.17) is 4.42 Å². The van der Waals surface area contributed by atoms with Crippen LogP contribution in [0.25, 0.3) is 11.5 Å². The number of hydrogen-bond donors (Lipinski definition) is 1. The van der Waals surface area contributed by atoms with Gasteiger partial charge in [0.05, 0.1) is 18.3 Å². The van der Waals surface area contributed by atoms with Gasteiger partial charge < -0.3 is 14.6 Å².